The molecule has 2 amide bonds. The van der Waals surface area contributed by atoms with E-state index in [0.717, 1.165) is 35.1 Å². The van der Waals surface area contributed by atoms with Crippen LogP contribution in [0.1, 0.15) is 16.7 Å². The molecule has 0 aliphatic carbocycles. The van der Waals surface area contributed by atoms with Gasteiger partial charge in [-0.3, -0.25) is 9.59 Å². The highest BCUT2D eigenvalue weighted by Gasteiger charge is 2.16. The summed E-state index contributed by atoms with van der Waals surface area (Å²) in [7, 11) is 0. The summed E-state index contributed by atoms with van der Waals surface area (Å²) < 4.78 is 0. The van der Waals surface area contributed by atoms with Crippen LogP contribution in [-0.2, 0) is 29.2 Å². The lowest BCUT2D eigenvalue weighted by Crippen LogP contribution is -2.35. The molecule has 4 N–H and O–H groups in total. The molecule has 2 aromatic carbocycles. The van der Waals surface area contributed by atoms with Crippen molar-refractivity contribution < 1.29 is 9.59 Å². The van der Waals surface area contributed by atoms with Gasteiger partial charge in [-0.2, -0.15) is 0 Å². The van der Waals surface area contributed by atoms with Crippen molar-refractivity contribution in [1.82, 2.24) is 15.6 Å². The summed E-state index contributed by atoms with van der Waals surface area (Å²) >= 11 is 0. The van der Waals surface area contributed by atoms with E-state index in [4.69, 9.17) is 0 Å². The van der Waals surface area contributed by atoms with Crippen LogP contribution in [0.5, 0.6) is 0 Å². The first kappa shape index (κ1) is 15.4. The Bertz CT molecular complexity index is 961. The number of anilines is 1. The van der Waals surface area contributed by atoms with Gasteiger partial charge in [0.05, 0.1) is 5.52 Å². The largest absolute Gasteiger partial charge is 0.361 e. The number of aromatic amines is 1. The minimum atomic E-state index is -0.662. The fourth-order valence-corrected chi connectivity index (χ4v) is 3.11. The van der Waals surface area contributed by atoms with Crippen molar-refractivity contribution in [2.24, 2.45) is 0 Å². The van der Waals surface area contributed by atoms with Crippen molar-refractivity contribution in [1.29, 1.82) is 0 Å². The highest BCUT2D eigenvalue weighted by atomic mass is 16.2. The zero-order chi connectivity index (χ0) is 17.2. The number of carbonyl (C=O) groups excluding carboxylic acids is 2. The van der Waals surface area contributed by atoms with Gasteiger partial charge in [-0.05, 0) is 40.3 Å². The lowest BCUT2D eigenvalue weighted by atomic mass is 10.1. The van der Waals surface area contributed by atoms with Crippen LogP contribution in [0.25, 0.3) is 10.9 Å². The molecule has 0 atom stereocenters. The van der Waals surface area contributed by atoms with E-state index in [1.807, 2.05) is 48.7 Å². The van der Waals surface area contributed by atoms with Gasteiger partial charge in [0, 0.05) is 31.5 Å². The number of hydrogen-bond donors (Lipinski definition) is 4. The Morgan fingerprint density at radius 3 is 2.80 bits per heavy atom. The molecule has 2 heterocycles. The molecular formula is C19H18N4O2. The van der Waals surface area contributed by atoms with Crippen LogP contribution in [0.4, 0.5) is 5.69 Å². The maximum atomic E-state index is 12.1. The maximum absolute atomic E-state index is 12.1. The van der Waals surface area contributed by atoms with Gasteiger partial charge in [0.2, 0.25) is 0 Å². The number of amides is 2. The van der Waals surface area contributed by atoms with Gasteiger partial charge in [-0.15, -0.1) is 0 Å². The molecule has 3 aromatic rings. The number of fused-ring (bicyclic) bond motifs is 2. The summed E-state index contributed by atoms with van der Waals surface area (Å²) in [5.41, 5.74) is 4.91. The molecule has 126 valence electrons. The maximum Gasteiger partial charge on any atom is 0.313 e. The molecule has 0 saturated carbocycles. The van der Waals surface area contributed by atoms with Crippen molar-refractivity contribution in [3.05, 3.63) is 65.4 Å². The summed E-state index contributed by atoms with van der Waals surface area (Å²) in [5.74, 6) is -1.31. The van der Waals surface area contributed by atoms with Crippen molar-refractivity contribution in [3.8, 4) is 0 Å². The summed E-state index contributed by atoms with van der Waals surface area (Å²) in [6, 6.07) is 13.5. The summed E-state index contributed by atoms with van der Waals surface area (Å²) in [5, 5.41) is 9.64. The SMILES string of the molecule is O=C(NCc1cccc2cc[nH]c12)C(=O)Nc1ccc2c(c1)CNC2. The van der Waals surface area contributed by atoms with Crippen LogP contribution in [0.15, 0.2) is 48.7 Å². The number of nitrogens with one attached hydrogen (secondary N) is 4. The molecule has 6 nitrogen and oxygen atoms in total. The molecule has 1 aromatic heterocycles. The summed E-state index contributed by atoms with van der Waals surface area (Å²) in [4.78, 5) is 27.3. The monoisotopic (exact) mass is 334 g/mol. The van der Waals surface area contributed by atoms with E-state index in [9.17, 15) is 9.59 Å². The quantitative estimate of drug-likeness (QED) is 0.553. The van der Waals surface area contributed by atoms with E-state index in [1.54, 1.807) is 0 Å². The molecule has 6 heteroatoms. The van der Waals surface area contributed by atoms with Gasteiger partial charge in [-0.25, -0.2) is 0 Å². The smallest absolute Gasteiger partial charge is 0.313 e. The van der Waals surface area contributed by atoms with Gasteiger partial charge < -0.3 is 20.9 Å². The van der Waals surface area contributed by atoms with Crippen LogP contribution in [-0.4, -0.2) is 16.8 Å². The highest BCUT2D eigenvalue weighted by Crippen LogP contribution is 2.20. The standard InChI is InChI=1S/C19H18N4O2/c24-18(22-11-14-3-1-2-12-6-7-21-17(12)14)19(25)23-16-5-4-13-9-20-10-15(13)8-16/h1-8,20-21H,9-11H2,(H,22,24)(H,23,25). The third kappa shape index (κ3) is 3.12. The first-order valence-electron chi connectivity index (χ1n) is 8.17. The van der Waals surface area contributed by atoms with E-state index in [0.29, 0.717) is 5.69 Å². The molecule has 4 rings (SSSR count). The normalized spacial score (nSPS) is 12.8. The van der Waals surface area contributed by atoms with Crippen LogP contribution in [0.2, 0.25) is 0 Å². The first-order chi connectivity index (χ1) is 12.2. The van der Waals surface area contributed by atoms with E-state index in [1.165, 1.54) is 5.56 Å². The van der Waals surface area contributed by atoms with Crippen LogP contribution < -0.4 is 16.0 Å². The van der Waals surface area contributed by atoms with E-state index in [2.05, 4.69) is 20.9 Å². The van der Waals surface area contributed by atoms with Crippen LogP contribution >= 0.6 is 0 Å². The molecule has 0 fully saturated rings. The van der Waals surface area contributed by atoms with Crippen molar-refractivity contribution >= 4 is 28.4 Å². The Morgan fingerprint density at radius 1 is 1.00 bits per heavy atom. The van der Waals surface area contributed by atoms with Gasteiger partial charge >= 0.3 is 11.8 Å². The zero-order valence-electron chi connectivity index (χ0n) is 13.6. The second-order valence-corrected chi connectivity index (χ2v) is 6.08. The number of benzene rings is 2. The van der Waals surface area contributed by atoms with E-state index >= 15 is 0 Å². The summed E-state index contributed by atoms with van der Waals surface area (Å²) in [6.45, 7) is 1.91. The predicted octanol–water partition coefficient (Wildman–Crippen LogP) is 2.03. The topological polar surface area (TPSA) is 86.0 Å². The average Bonchev–Trinajstić information content (AvgIpc) is 3.28. The summed E-state index contributed by atoms with van der Waals surface area (Å²) in [6.07, 6.45) is 1.85. The van der Waals surface area contributed by atoms with Gasteiger partial charge in [0.1, 0.15) is 0 Å². The number of aromatic nitrogens is 1. The fraction of sp³-hybridized carbons (Fsp3) is 0.158. The molecule has 1 aliphatic heterocycles. The number of H-pyrrole nitrogens is 1. The number of hydrogen-bond acceptors (Lipinski definition) is 3. The number of carbonyl (C=O) groups is 2. The molecule has 1 aliphatic rings. The molecule has 0 bridgehead atoms. The van der Waals surface area contributed by atoms with Crippen molar-refractivity contribution in [3.63, 3.8) is 0 Å². The predicted molar refractivity (Wildman–Crippen MR) is 95.8 cm³/mol. The zero-order valence-corrected chi connectivity index (χ0v) is 13.6. The van der Waals surface area contributed by atoms with Gasteiger partial charge in [-0.1, -0.05) is 24.3 Å². The Labute approximate surface area is 144 Å². The molecule has 25 heavy (non-hydrogen) atoms. The van der Waals surface area contributed by atoms with E-state index in [-0.39, 0.29) is 6.54 Å². The highest BCUT2D eigenvalue weighted by molar-refractivity contribution is 6.39. The number of para-hydroxylation sites is 1. The molecule has 0 saturated heterocycles. The minimum Gasteiger partial charge on any atom is -0.361 e. The number of rotatable bonds is 3. The lowest BCUT2D eigenvalue weighted by molar-refractivity contribution is -0.136. The lowest BCUT2D eigenvalue weighted by Gasteiger charge is -2.08. The third-order valence-electron chi connectivity index (χ3n) is 4.41. The second kappa shape index (κ2) is 6.41. The van der Waals surface area contributed by atoms with Gasteiger partial charge in [0.15, 0.2) is 0 Å². The minimum absolute atomic E-state index is 0.290. The Balaban J connectivity index is 1.39. The molecule has 0 spiro atoms. The van der Waals surface area contributed by atoms with E-state index < -0.39 is 11.8 Å². The van der Waals surface area contributed by atoms with Crippen LogP contribution in [0, 0.1) is 0 Å². The van der Waals surface area contributed by atoms with Crippen molar-refractivity contribution in [2.75, 3.05) is 5.32 Å². The van der Waals surface area contributed by atoms with Crippen LogP contribution in [0.3, 0.4) is 0 Å². The Hall–Kier alpha value is -3.12. The van der Waals surface area contributed by atoms with Crippen molar-refractivity contribution in [2.45, 2.75) is 19.6 Å². The second-order valence-electron chi connectivity index (χ2n) is 6.08. The average molecular weight is 334 g/mol. The molecular weight excluding hydrogens is 316 g/mol. The first-order valence-corrected chi connectivity index (χ1v) is 8.17. The van der Waals surface area contributed by atoms with Gasteiger partial charge in [0.25, 0.3) is 0 Å². The Morgan fingerprint density at radius 2 is 1.88 bits per heavy atom. The fourth-order valence-electron chi connectivity index (χ4n) is 3.11. The Kier molecular flexibility index (Phi) is 3.95. The third-order valence-corrected chi connectivity index (χ3v) is 4.41. The molecule has 0 unspecified atom stereocenters. The molecule has 0 radical (unpaired) electrons.